The molecular formula is C54H37NSSi. The zero-order valence-corrected chi connectivity index (χ0v) is 33.0. The maximum Gasteiger partial charge on any atom is 0.179 e. The molecule has 0 spiro atoms. The van der Waals surface area contributed by atoms with E-state index in [-0.39, 0.29) is 0 Å². The number of hydrogen-bond acceptors (Lipinski definition) is 1. The molecule has 0 fully saturated rings. The van der Waals surface area contributed by atoms with Crippen molar-refractivity contribution >= 4 is 82.1 Å². The second-order valence-electron chi connectivity index (χ2n) is 14.8. The Morgan fingerprint density at radius 3 is 1.33 bits per heavy atom. The van der Waals surface area contributed by atoms with Crippen LogP contribution in [-0.2, 0) is 0 Å². The van der Waals surface area contributed by atoms with E-state index in [1.54, 1.807) is 0 Å². The molecule has 268 valence electrons. The first-order valence-electron chi connectivity index (χ1n) is 19.6. The summed E-state index contributed by atoms with van der Waals surface area (Å²) in [6.45, 7) is 0. The number of thiophene rings is 1. The van der Waals surface area contributed by atoms with E-state index in [4.69, 9.17) is 0 Å². The van der Waals surface area contributed by atoms with E-state index in [9.17, 15) is 0 Å². The Morgan fingerprint density at radius 1 is 0.333 bits per heavy atom. The molecule has 2 heterocycles. The van der Waals surface area contributed by atoms with Gasteiger partial charge in [0.05, 0.1) is 16.7 Å². The van der Waals surface area contributed by atoms with Gasteiger partial charge in [-0.05, 0) is 56.1 Å². The Bertz CT molecular complexity index is 3050. The lowest BCUT2D eigenvalue weighted by Crippen LogP contribution is -2.74. The lowest BCUT2D eigenvalue weighted by molar-refractivity contribution is 1.19. The van der Waals surface area contributed by atoms with Crippen LogP contribution in [0.5, 0.6) is 0 Å². The highest BCUT2D eigenvalue weighted by Gasteiger charge is 2.42. The van der Waals surface area contributed by atoms with Gasteiger partial charge in [-0.25, -0.2) is 0 Å². The van der Waals surface area contributed by atoms with E-state index >= 15 is 0 Å². The summed E-state index contributed by atoms with van der Waals surface area (Å²) in [5.74, 6) is 0. The summed E-state index contributed by atoms with van der Waals surface area (Å²) in [5, 5.41) is 10.7. The second kappa shape index (κ2) is 13.8. The van der Waals surface area contributed by atoms with Gasteiger partial charge in [-0.3, -0.25) is 0 Å². The molecule has 0 saturated carbocycles. The van der Waals surface area contributed by atoms with Crippen molar-refractivity contribution in [1.29, 1.82) is 0 Å². The molecule has 0 amide bonds. The van der Waals surface area contributed by atoms with Crippen molar-refractivity contribution in [3.63, 3.8) is 0 Å². The predicted molar refractivity (Wildman–Crippen MR) is 248 cm³/mol. The molecule has 11 rings (SSSR count). The molecule has 1 nitrogen and oxygen atoms in total. The van der Waals surface area contributed by atoms with E-state index in [0.717, 1.165) is 0 Å². The zero-order valence-electron chi connectivity index (χ0n) is 31.2. The summed E-state index contributed by atoms with van der Waals surface area (Å²) in [6.07, 6.45) is 0. The standard InChI is InChI=1S/C54H37NSSi/c1-6-20-38(21-7-1)46-36-43(57(40-24-10-3-11-25-40,41-26-12-4-13-27-41)42-28-14-5-15-29-42)37-47(39-22-8-2-9-23-39)54(46)55-48-32-18-16-30-44(48)52-49(55)34-35-51-53(52)45-31-17-19-33-50(45)56-51/h1-37H. The minimum Gasteiger partial charge on any atom is -0.308 e. The number of benzene rings is 9. The monoisotopic (exact) mass is 759 g/mol. The second-order valence-corrected chi connectivity index (χ2v) is 19.7. The van der Waals surface area contributed by atoms with Crippen LogP contribution < -0.4 is 20.7 Å². The van der Waals surface area contributed by atoms with Gasteiger partial charge in [0.1, 0.15) is 0 Å². The first-order chi connectivity index (χ1) is 28.3. The Balaban J connectivity index is 1.35. The minimum absolute atomic E-state index is 1.19. The zero-order chi connectivity index (χ0) is 37.8. The summed E-state index contributed by atoms with van der Waals surface area (Å²) in [6, 6.07) is 83.6. The van der Waals surface area contributed by atoms with Crippen molar-refractivity contribution in [3.8, 4) is 27.9 Å². The van der Waals surface area contributed by atoms with Crippen LogP contribution in [0.1, 0.15) is 0 Å². The molecule has 57 heavy (non-hydrogen) atoms. The van der Waals surface area contributed by atoms with Crippen LogP contribution in [0.2, 0.25) is 0 Å². The predicted octanol–water partition coefficient (Wildman–Crippen LogP) is 11.9. The fourth-order valence-corrected chi connectivity index (χ4v) is 15.3. The molecule has 0 bridgehead atoms. The molecule has 3 heteroatoms. The van der Waals surface area contributed by atoms with Gasteiger partial charge in [-0.15, -0.1) is 11.3 Å². The van der Waals surface area contributed by atoms with Crippen LogP contribution in [-0.4, -0.2) is 12.6 Å². The van der Waals surface area contributed by atoms with Crippen LogP contribution in [0.25, 0.3) is 69.9 Å². The van der Waals surface area contributed by atoms with Gasteiger partial charge in [0.2, 0.25) is 0 Å². The van der Waals surface area contributed by atoms with Crippen molar-refractivity contribution in [2.75, 3.05) is 0 Å². The van der Waals surface area contributed by atoms with E-state index in [0.29, 0.717) is 0 Å². The third-order valence-corrected chi connectivity index (χ3v) is 17.6. The molecule has 0 atom stereocenters. The molecule has 0 radical (unpaired) electrons. The normalized spacial score (nSPS) is 11.9. The summed E-state index contributed by atoms with van der Waals surface area (Å²) in [7, 11) is -2.91. The van der Waals surface area contributed by atoms with Crippen LogP contribution in [0.3, 0.4) is 0 Å². The summed E-state index contributed by atoms with van der Waals surface area (Å²) < 4.78 is 5.21. The SMILES string of the molecule is c1ccc(-c2cc([Si](c3ccccc3)(c3ccccc3)c3ccccc3)cc(-c3ccccc3)c2-n2c3ccccc3c3c4c(ccc32)sc2ccccc24)cc1. The maximum absolute atomic E-state index is 2.91. The van der Waals surface area contributed by atoms with Crippen LogP contribution >= 0.6 is 11.3 Å². The third-order valence-electron chi connectivity index (χ3n) is 11.7. The number of aromatic nitrogens is 1. The van der Waals surface area contributed by atoms with Crippen molar-refractivity contribution in [2.24, 2.45) is 0 Å². The highest BCUT2D eigenvalue weighted by molar-refractivity contribution is 7.26. The van der Waals surface area contributed by atoms with Gasteiger partial charge in [0, 0.05) is 42.1 Å². The van der Waals surface area contributed by atoms with Gasteiger partial charge in [0.15, 0.2) is 8.07 Å². The highest BCUT2D eigenvalue weighted by Crippen LogP contribution is 2.46. The first kappa shape index (κ1) is 33.5. The lowest BCUT2D eigenvalue weighted by atomic mass is 9.95. The van der Waals surface area contributed by atoms with Crippen LogP contribution in [0.15, 0.2) is 224 Å². The van der Waals surface area contributed by atoms with Gasteiger partial charge in [-0.1, -0.05) is 200 Å². The van der Waals surface area contributed by atoms with Crippen molar-refractivity contribution < 1.29 is 0 Å². The first-order valence-corrected chi connectivity index (χ1v) is 22.4. The van der Waals surface area contributed by atoms with Gasteiger partial charge < -0.3 is 4.57 Å². The van der Waals surface area contributed by atoms with E-state index in [1.165, 1.54) is 90.7 Å². The van der Waals surface area contributed by atoms with Crippen molar-refractivity contribution in [1.82, 2.24) is 4.57 Å². The van der Waals surface area contributed by atoms with Gasteiger partial charge in [-0.2, -0.15) is 0 Å². The molecular weight excluding hydrogens is 723 g/mol. The lowest BCUT2D eigenvalue weighted by Gasteiger charge is -2.36. The van der Waals surface area contributed by atoms with Gasteiger partial charge >= 0.3 is 0 Å². The topological polar surface area (TPSA) is 4.93 Å². The van der Waals surface area contributed by atoms with Crippen LogP contribution in [0.4, 0.5) is 0 Å². The number of rotatable bonds is 7. The third kappa shape index (κ3) is 5.28. The number of fused-ring (bicyclic) bond motifs is 7. The minimum atomic E-state index is -2.91. The van der Waals surface area contributed by atoms with E-state index < -0.39 is 8.07 Å². The molecule has 0 saturated heterocycles. The molecule has 0 aliphatic carbocycles. The van der Waals surface area contributed by atoms with Crippen LogP contribution in [0, 0.1) is 0 Å². The average molecular weight is 760 g/mol. The molecule has 2 aromatic heterocycles. The molecule has 11 aromatic rings. The van der Waals surface area contributed by atoms with Crippen molar-refractivity contribution in [3.05, 3.63) is 224 Å². The largest absolute Gasteiger partial charge is 0.308 e. The average Bonchev–Trinajstić information content (AvgIpc) is 3.84. The summed E-state index contributed by atoms with van der Waals surface area (Å²) >= 11 is 1.88. The number of nitrogens with zero attached hydrogens (tertiary/aromatic N) is 1. The van der Waals surface area contributed by atoms with Crippen molar-refractivity contribution in [2.45, 2.75) is 0 Å². The number of para-hydroxylation sites is 1. The number of hydrogen-bond donors (Lipinski definition) is 0. The Hall–Kier alpha value is -6.78. The maximum atomic E-state index is 2.57. The molecule has 0 aliphatic heterocycles. The molecule has 0 unspecified atom stereocenters. The summed E-state index contributed by atoms with van der Waals surface area (Å²) in [5.41, 5.74) is 8.42. The molecule has 0 aliphatic rings. The van der Waals surface area contributed by atoms with E-state index in [2.05, 4.69) is 229 Å². The molecule has 9 aromatic carbocycles. The smallest absolute Gasteiger partial charge is 0.179 e. The Kier molecular flexibility index (Phi) is 8.09. The summed E-state index contributed by atoms with van der Waals surface area (Å²) in [4.78, 5) is 0. The van der Waals surface area contributed by atoms with E-state index in [1.807, 2.05) is 11.3 Å². The fraction of sp³-hybridized carbons (Fsp3) is 0. The highest BCUT2D eigenvalue weighted by atomic mass is 32.1. The fourth-order valence-electron chi connectivity index (χ4n) is 9.35. The quantitative estimate of drug-likeness (QED) is 0.113. The Morgan fingerprint density at radius 2 is 0.789 bits per heavy atom. The molecule has 0 N–H and O–H groups in total. The Labute approximate surface area is 337 Å². The van der Waals surface area contributed by atoms with Gasteiger partial charge in [0.25, 0.3) is 0 Å².